The Labute approximate surface area is 212 Å². The minimum atomic E-state index is -0.602. The highest BCUT2D eigenvalue weighted by atomic mass is 35.5. The number of alkyl halides is 1. The van der Waals surface area contributed by atoms with Crippen LogP contribution in [-0.4, -0.2) is 41.2 Å². The van der Waals surface area contributed by atoms with Crippen molar-refractivity contribution in [1.29, 1.82) is 5.26 Å². The van der Waals surface area contributed by atoms with Crippen LogP contribution in [0.4, 0.5) is 5.69 Å². The molecule has 1 aromatic carbocycles. The first-order valence-corrected chi connectivity index (χ1v) is 12.6. The lowest BCUT2D eigenvalue weighted by atomic mass is 9.91. The molecule has 0 radical (unpaired) electrons. The van der Waals surface area contributed by atoms with E-state index in [1.165, 1.54) is 10.9 Å². The van der Waals surface area contributed by atoms with Gasteiger partial charge in [-0.25, -0.2) is 0 Å². The second-order valence-electron chi connectivity index (χ2n) is 9.36. The number of benzene rings is 1. The normalized spacial score (nSPS) is 14.3. The molecule has 0 unspecified atom stereocenters. The van der Waals surface area contributed by atoms with Gasteiger partial charge in [-0.15, -0.1) is 11.6 Å². The highest BCUT2D eigenvalue weighted by molar-refractivity contribution is 6.17. The Morgan fingerprint density at radius 2 is 2.03 bits per heavy atom. The van der Waals surface area contributed by atoms with Crippen molar-refractivity contribution in [1.82, 2.24) is 14.9 Å². The number of rotatable bonds is 8. The molecule has 4 rings (SSSR count). The van der Waals surface area contributed by atoms with Crippen LogP contribution < -0.4 is 10.6 Å². The number of anilines is 1. The molecule has 0 aliphatic carbocycles. The Kier molecular flexibility index (Phi) is 8.31. The zero-order valence-corrected chi connectivity index (χ0v) is 21.2. The lowest BCUT2D eigenvalue weighted by Crippen LogP contribution is -2.34. The van der Waals surface area contributed by atoms with Crippen LogP contribution in [-0.2, 0) is 23.2 Å². The van der Waals surface area contributed by atoms with E-state index in [0.717, 1.165) is 55.2 Å². The first-order chi connectivity index (χ1) is 17.0. The smallest absolute Gasteiger partial charge is 0.0937 e. The number of hydrogen-bond donors (Lipinski definition) is 2. The molecule has 182 valence electrons. The van der Waals surface area contributed by atoms with Gasteiger partial charge in [0.1, 0.15) is 0 Å². The molecule has 0 saturated carbocycles. The van der Waals surface area contributed by atoms with E-state index in [2.05, 4.69) is 62.4 Å². The Bertz CT molecular complexity index is 1240. The molecule has 3 aromatic rings. The summed E-state index contributed by atoms with van der Waals surface area (Å²) in [6.07, 6.45) is 3.89. The first kappa shape index (κ1) is 25.1. The molecule has 1 aliphatic heterocycles. The summed E-state index contributed by atoms with van der Waals surface area (Å²) in [4.78, 5) is 4.42. The number of nitrogens with zero attached hydrogens (tertiary/aromatic N) is 3. The SMILES string of the molecule is CC(C)(C#N)c1ccc(NCC#Cc2cc3cc(CNC4CCOCC4)ccc3n2CCCl)cn1. The van der Waals surface area contributed by atoms with Crippen molar-refractivity contribution in [2.45, 2.75) is 51.2 Å². The van der Waals surface area contributed by atoms with E-state index in [1.807, 2.05) is 26.0 Å². The lowest BCUT2D eigenvalue weighted by Gasteiger charge is -2.23. The van der Waals surface area contributed by atoms with Crippen molar-refractivity contribution in [3.8, 4) is 17.9 Å². The molecular formula is C28H32ClN5O. The minimum Gasteiger partial charge on any atom is -0.381 e. The summed E-state index contributed by atoms with van der Waals surface area (Å²) in [5, 5.41) is 17.4. The van der Waals surface area contributed by atoms with E-state index in [-0.39, 0.29) is 0 Å². The fourth-order valence-electron chi connectivity index (χ4n) is 4.23. The van der Waals surface area contributed by atoms with Gasteiger partial charge in [-0.05, 0) is 68.5 Å². The van der Waals surface area contributed by atoms with Crippen molar-refractivity contribution >= 4 is 28.2 Å². The van der Waals surface area contributed by atoms with Crippen LogP contribution in [0.1, 0.15) is 43.6 Å². The number of halogens is 1. The summed E-state index contributed by atoms with van der Waals surface area (Å²) in [6, 6.07) is 15.4. The fraction of sp³-hybridized carbons (Fsp3) is 0.429. The summed E-state index contributed by atoms with van der Waals surface area (Å²) in [5.41, 5.74) is 4.40. The summed E-state index contributed by atoms with van der Waals surface area (Å²) in [6.45, 7) is 7.46. The van der Waals surface area contributed by atoms with Gasteiger partial charge in [0.2, 0.25) is 0 Å². The highest BCUT2D eigenvalue weighted by Crippen LogP contribution is 2.23. The maximum Gasteiger partial charge on any atom is 0.0937 e. The molecule has 3 heterocycles. The van der Waals surface area contributed by atoms with Gasteiger partial charge >= 0.3 is 0 Å². The van der Waals surface area contributed by atoms with Crippen LogP contribution in [0.2, 0.25) is 0 Å². The second-order valence-corrected chi connectivity index (χ2v) is 9.73. The number of pyridine rings is 1. The van der Waals surface area contributed by atoms with Crippen LogP contribution in [0.3, 0.4) is 0 Å². The zero-order valence-electron chi connectivity index (χ0n) is 20.4. The average molecular weight is 490 g/mol. The van der Waals surface area contributed by atoms with Gasteiger partial charge < -0.3 is 19.9 Å². The standard InChI is InChI=1S/C28H32ClN5O/c1-28(2,20-30)27-8-6-24(19-33-27)31-12-3-4-25-17-22-16-21(5-7-26(22)34(25)13-11-29)18-32-23-9-14-35-15-10-23/h5-8,16-17,19,23,31-32H,9-15,18H2,1-2H3. The van der Waals surface area contributed by atoms with E-state index >= 15 is 0 Å². The molecule has 1 aliphatic rings. The van der Waals surface area contributed by atoms with E-state index < -0.39 is 5.41 Å². The van der Waals surface area contributed by atoms with Gasteiger partial charge in [-0.2, -0.15) is 5.26 Å². The van der Waals surface area contributed by atoms with Crippen LogP contribution in [0.15, 0.2) is 42.6 Å². The third-order valence-electron chi connectivity index (χ3n) is 6.37. The minimum absolute atomic E-state index is 0.491. The Morgan fingerprint density at radius 3 is 2.74 bits per heavy atom. The van der Waals surface area contributed by atoms with Crippen LogP contribution in [0.5, 0.6) is 0 Å². The lowest BCUT2D eigenvalue weighted by molar-refractivity contribution is 0.0776. The molecule has 2 N–H and O–H groups in total. The van der Waals surface area contributed by atoms with E-state index in [0.29, 0.717) is 25.0 Å². The van der Waals surface area contributed by atoms with Gasteiger partial charge in [-0.1, -0.05) is 12.0 Å². The summed E-state index contributed by atoms with van der Waals surface area (Å²) in [7, 11) is 0. The summed E-state index contributed by atoms with van der Waals surface area (Å²) < 4.78 is 7.64. The Morgan fingerprint density at radius 1 is 1.20 bits per heavy atom. The quantitative estimate of drug-likeness (QED) is 0.351. The molecule has 0 spiro atoms. The van der Waals surface area contributed by atoms with Gasteiger partial charge in [-0.3, -0.25) is 4.98 Å². The van der Waals surface area contributed by atoms with Gasteiger partial charge in [0.05, 0.1) is 41.3 Å². The predicted octanol–water partition coefficient (Wildman–Crippen LogP) is 4.81. The van der Waals surface area contributed by atoms with E-state index in [1.54, 1.807) is 6.20 Å². The fourth-order valence-corrected chi connectivity index (χ4v) is 4.40. The predicted molar refractivity (Wildman–Crippen MR) is 142 cm³/mol. The number of fused-ring (bicyclic) bond motifs is 1. The highest BCUT2D eigenvalue weighted by Gasteiger charge is 2.20. The number of aromatic nitrogens is 2. The van der Waals surface area contributed by atoms with Crippen molar-refractivity contribution in [2.24, 2.45) is 0 Å². The summed E-state index contributed by atoms with van der Waals surface area (Å²) >= 11 is 6.10. The molecule has 1 saturated heterocycles. The van der Waals surface area contributed by atoms with Crippen molar-refractivity contribution in [3.63, 3.8) is 0 Å². The van der Waals surface area contributed by atoms with Crippen molar-refractivity contribution < 1.29 is 4.74 Å². The molecule has 35 heavy (non-hydrogen) atoms. The average Bonchev–Trinajstić information content (AvgIpc) is 3.23. The molecule has 0 bridgehead atoms. The van der Waals surface area contributed by atoms with Crippen molar-refractivity contribution in [3.05, 3.63) is 59.5 Å². The molecule has 0 atom stereocenters. The zero-order chi connectivity index (χ0) is 24.7. The molecule has 0 amide bonds. The Hall–Kier alpha value is -3.03. The van der Waals surface area contributed by atoms with Crippen molar-refractivity contribution in [2.75, 3.05) is 31.0 Å². The molecule has 6 nitrogen and oxygen atoms in total. The van der Waals surface area contributed by atoms with Crippen LogP contribution >= 0.6 is 11.6 Å². The molecule has 7 heteroatoms. The number of nitriles is 1. The number of hydrogen-bond acceptors (Lipinski definition) is 5. The molecule has 1 fully saturated rings. The third-order valence-corrected chi connectivity index (χ3v) is 6.54. The monoisotopic (exact) mass is 489 g/mol. The maximum absolute atomic E-state index is 9.27. The van der Waals surface area contributed by atoms with E-state index in [9.17, 15) is 5.26 Å². The maximum atomic E-state index is 9.27. The number of aryl methyl sites for hydroxylation is 1. The van der Waals surface area contributed by atoms with Crippen LogP contribution in [0, 0.1) is 23.2 Å². The van der Waals surface area contributed by atoms with Gasteiger partial charge in [0.25, 0.3) is 0 Å². The largest absolute Gasteiger partial charge is 0.381 e. The van der Waals surface area contributed by atoms with E-state index in [4.69, 9.17) is 16.3 Å². The molecular weight excluding hydrogens is 458 g/mol. The topological polar surface area (TPSA) is 74.9 Å². The Balaban J connectivity index is 1.42. The van der Waals surface area contributed by atoms with Gasteiger partial charge in [0.15, 0.2) is 0 Å². The second kappa shape index (κ2) is 11.6. The van der Waals surface area contributed by atoms with Crippen LogP contribution in [0.25, 0.3) is 10.9 Å². The number of nitrogens with one attached hydrogen (secondary N) is 2. The third kappa shape index (κ3) is 6.35. The first-order valence-electron chi connectivity index (χ1n) is 12.1. The van der Waals surface area contributed by atoms with Gasteiger partial charge in [0, 0.05) is 49.1 Å². The number of ether oxygens (including phenoxy) is 1. The molecule has 2 aromatic heterocycles. The summed E-state index contributed by atoms with van der Waals surface area (Å²) in [5.74, 6) is 7.05.